The molecule has 8 nitrogen and oxygen atoms in total. The largest absolute Gasteiger partial charge is 0.394 e. The molecule has 0 radical (unpaired) electrons. The van der Waals surface area contributed by atoms with Crippen LogP contribution in [0.5, 0.6) is 0 Å². The highest BCUT2D eigenvalue weighted by Gasteiger charge is 2.22. The zero-order valence-electron chi connectivity index (χ0n) is 20.9. The fourth-order valence-electron chi connectivity index (χ4n) is 4.04. The number of hydrogen-bond acceptors (Lipinski definition) is 5. The highest BCUT2D eigenvalue weighted by molar-refractivity contribution is 7.92. The van der Waals surface area contributed by atoms with Gasteiger partial charge in [-0.05, 0) is 46.9 Å². The van der Waals surface area contributed by atoms with Crippen LogP contribution in [-0.4, -0.2) is 48.8 Å². The van der Waals surface area contributed by atoms with Gasteiger partial charge in [0.05, 0.1) is 17.6 Å². The molecule has 0 fully saturated rings. The van der Waals surface area contributed by atoms with Crippen molar-refractivity contribution >= 4 is 32.5 Å². The summed E-state index contributed by atoms with van der Waals surface area (Å²) in [6, 6.07) is 21.1. The number of aliphatic hydroxyl groups is 2. The van der Waals surface area contributed by atoms with Gasteiger partial charge in [-0.25, -0.2) is 8.42 Å². The second kappa shape index (κ2) is 10.4. The van der Waals surface area contributed by atoms with E-state index < -0.39 is 28.6 Å². The Hall–Kier alpha value is -3.66. The lowest BCUT2D eigenvalue weighted by Crippen LogP contribution is -2.34. The Morgan fingerprint density at radius 3 is 2.30 bits per heavy atom. The van der Waals surface area contributed by atoms with Gasteiger partial charge in [0.15, 0.2) is 0 Å². The van der Waals surface area contributed by atoms with Crippen molar-refractivity contribution in [3.63, 3.8) is 0 Å². The number of anilines is 1. The van der Waals surface area contributed by atoms with Gasteiger partial charge in [0.1, 0.15) is 5.69 Å². The summed E-state index contributed by atoms with van der Waals surface area (Å²) in [5.74, 6) is -0.455. The van der Waals surface area contributed by atoms with Crippen LogP contribution in [0, 0.1) is 0 Å². The third-order valence-electron chi connectivity index (χ3n) is 6.08. The van der Waals surface area contributed by atoms with E-state index >= 15 is 0 Å². The quantitative estimate of drug-likeness (QED) is 0.239. The van der Waals surface area contributed by atoms with Gasteiger partial charge in [0.25, 0.3) is 15.9 Å². The first kappa shape index (κ1) is 26.4. The number of carbonyl (C=O) groups excluding carboxylic acids is 1. The molecule has 1 amide bonds. The maximum absolute atomic E-state index is 13.1. The molecular weight excluding hydrogens is 490 g/mol. The topological polar surface area (TPSA) is 132 Å². The van der Waals surface area contributed by atoms with E-state index in [1.165, 1.54) is 0 Å². The smallest absolute Gasteiger partial charge is 0.268 e. The standard InChI is InChI=1S/C28H31N3O5S/c1-28(2,3)19-9-12-22(13-10-19)37(35,36)31-20-11-14-24-23(15-20)25(18-7-5-4-6-8-18)26(30-24)27(34)29-16-21(33)17-32/h4-15,21,30-33H,16-17H2,1-3H3,(H,29,34). The number of hydrogen-bond donors (Lipinski definition) is 5. The minimum atomic E-state index is -3.84. The zero-order chi connectivity index (χ0) is 26.8. The number of aliphatic hydroxyl groups excluding tert-OH is 2. The van der Waals surface area contributed by atoms with Gasteiger partial charge in [-0.1, -0.05) is 63.2 Å². The van der Waals surface area contributed by atoms with Crippen molar-refractivity contribution in [1.82, 2.24) is 10.3 Å². The van der Waals surface area contributed by atoms with Crippen molar-refractivity contribution in [2.45, 2.75) is 37.2 Å². The number of benzene rings is 3. The van der Waals surface area contributed by atoms with Gasteiger partial charge in [0, 0.05) is 28.7 Å². The molecule has 5 N–H and O–H groups in total. The average Bonchev–Trinajstić information content (AvgIpc) is 3.25. The fourth-order valence-corrected chi connectivity index (χ4v) is 5.09. The molecule has 4 aromatic rings. The number of rotatable bonds is 8. The number of aromatic nitrogens is 1. The summed E-state index contributed by atoms with van der Waals surface area (Å²) >= 11 is 0. The summed E-state index contributed by atoms with van der Waals surface area (Å²) < 4.78 is 28.9. The second-order valence-electron chi connectivity index (χ2n) is 9.93. The second-order valence-corrected chi connectivity index (χ2v) is 11.6. The Bertz CT molecular complexity index is 1510. The molecule has 0 saturated heterocycles. The SMILES string of the molecule is CC(C)(C)c1ccc(S(=O)(=O)Nc2ccc3[nH]c(C(=O)NCC(O)CO)c(-c4ccccc4)c3c2)cc1. The summed E-state index contributed by atoms with van der Waals surface area (Å²) in [6.07, 6.45) is -1.08. The lowest BCUT2D eigenvalue weighted by Gasteiger charge is -2.19. The van der Waals surface area contributed by atoms with Crippen molar-refractivity contribution in [1.29, 1.82) is 0 Å². The fraction of sp³-hybridized carbons (Fsp3) is 0.250. The molecule has 37 heavy (non-hydrogen) atoms. The van der Waals surface area contributed by atoms with Crippen LogP contribution in [-0.2, 0) is 15.4 Å². The molecule has 0 aliphatic rings. The van der Waals surface area contributed by atoms with Crippen molar-refractivity contribution in [3.05, 3.63) is 84.1 Å². The molecule has 1 heterocycles. The highest BCUT2D eigenvalue weighted by Crippen LogP contribution is 2.35. The predicted molar refractivity (Wildman–Crippen MR) is 145 cm³/mol. The van der Waals surface area contributed by atoms with Crippen LogP contribution in [0.1, 0.15) is 36.8 Å². The molecule has 0 saturated carbocycles. The molecule has 1 aromatic heterocycles. The molecule has 9 heteroatoms. The number of nitrogens with one attached hydrogen (secondary N) is 3. The molecule has 0 bridgehead atoms. The van der Waals surface area contributed by atoms with E-state index in [4.69, 9.17) is 5.11 Å². The summed E-state index contributed by atoms with van der Waals surface area (Å²) in [7, 11) is -3.84. The van der Waals surface area contributed by atoms with Crippen LogP contribution in [0.25, 0.3) is 22.0 Å². The van der Waals surface area contributed by atoms with Crippen LogP contribution in [0.15, 0.2) is 77.7 Å². The Labute approximate surface area is 216 Å². The Morgan fingerprint density at radius 1 is 1.00 bits per heavy atom. The highest BCUT2D eigenvalue weighted by atomic mass is 32.2. The maximum Gasteiger partial charge on any atom is 0.268 e. The first-order valence-corrected chi connectivity index (χ1v) is 13.4. The minimum Gasteiger partial charge on any atom is -0.394 e. The van der Waals surface area contributed by atoms with Crippen LogP contribution in [0.2, 0.25) is 0 Å². The van der Waals surface area contributed by atoms with Gasteiger partial charge in [-0.15, -0.1) is 0 Å². The van der Waals surface area contributed by atoms with Gasteiger partial charge in [-0.2, -0.15) is 0 Å². The van der Waals surface area contributed by atoms with Crippen molar-refractivity contribution in [2.75, 3.05) is 17.9 Å². The normalized spacial score (nSPS) is 12.9. The lowest BCUT2D eigenvalue weighted by molar-refractivity contribution is 0.0799. The summed E-state index contributed by atoms with van der Waals surface area (Å²) in [4.78, 5) is 16.2. The van der Waals surface area contributed by atoms with Crippen LogP contribution in [0.3, 0.4) is 0 Å². The van der Waals surface area contributed by atoms with E-state index in [0.717, 1.165) is 11.1 Å². The molecule has 1 atom stereocenters. The maximum atomic E-state index is 13.1. The molecule has 194 valence electrons. The van der Waals surface area contributed by atoms with Crippen LogP contribution in [0.4, 0.5) is 5.69 Å². The number of fused-ring (bicyclic) bond motifs is 1. The average molecular weight is 522 g/mol. The van der Waals surface area contributed by atoms with Crippen LogP contribution >= 0.6 is 0 Å². The van der Waals surface area contributed by atoms with E-state index in [0.29, 0.717) is 22.2 Å². The van der Waals surface area contributed by atoms with E-state index in [1.807, 2.05) is 42.5 Å². The summed E-state index contributed by atoms with van der Waals surface area (Å²) in [5.41, 5.74) is 3.56. The van der Waals surface area contributed by atoms with Gasteiger partial charge in [0.2, 0.25) is 0 Å². The Balaban J connectivity index is 1.72. The summed E-state index contributed by atoms with van der Waals surface area (Å²) in [5, 5.41) is 22.0. The number of carbonyl (C=O) groups is 1. The number of aromatic amines is 1. The third-order valence-corrected chi connectivity index (χ3v) is 7.48. The zero-order valence-corrected chi connectivity index (χ0v) is 21.8. The molecule has 3 aromatic carbocycles. The molecule has 1 unspecified atom stereocenters. The van der Waals surface area contributed by atoms with Gasteiger partial charge >= 0.3 is 0 Å². The van der Waals surface area contributed by atoms with E-state index in [-0.39, 0.29) is 22.5 Å². The van der Waals surface area contributed by atoms with E-state index in [2.05, 4.69) is 35.8 Å². The van der Waals surface area contributed by atoms with E-state index in [9.17, 15) is 18.3 Å². The first-order chi connectivity index (χ1) is 17.5. The molecule has 4 rings (SSSR count). The third kappa shape index (κ3) is 5.85. The minimum absolute atomic E-state index is 0.0942. The van der Waals surface area contributed by atoms with Gasteiger partial charge < -0.3 is 20.5 Å². The van der Waals surface area contributed by atoms with Crippen LogP contribution < -0.4 is 10.0 Å². The lowest BCUT2D eigenvalue weighted by atomic mass is 9.87. The Morgan fingerprint density at radius 2 is 1.68 bits per heavy atom. The number of amides is 1. The Kier molecular flexibility index (Phi) is 7.40. The van der Waals surface area contributed by atoms with Crippen molar-refractivity contribution < 1.29 is 23.4 Å². The molecule has 0 spiro atoms. The molecule has 0 aliphatic heterocycles. The van der Waals surface area contributed by atoms with Gasteiger partial charge in [-0.3, -0.25) is 9.52 Å². The van der Waals surface area contributed by atoms with E-state index in [1.54, 1.807) is 30.3 Å². The molecular formula is C28H31N3O5S. The predicted octanol–water partition coefficient (Wildman–Crippen LogP) is 4.02. The summed E-state index contributed by atoms with van der Waals surface area (Å²) in [6.45, 7) is 5.61. The van der Waals surface area contributed by atoms with Crippen molar-refractivity contribution in [3.8, 4) is 11.1 Å². The number of H-pyrrole nitrogens is 1. The monoisotopic (exact) mass is 521 g/mol. The molecule has 0 aliphatic carbocycles. The first-order valence-electron chi connectivity index (χ1n) is 11.9. The number of sulfonamides is 1. The van der Waals surface area contributed by atoms with Crippen molar-refractivity contribution in [2.24, 2.45) is 0 Å².